The second-order valence-electron chi connectivity index (χ2n) is 6.29. The molecular formula is C19H22N6O2. The summed E-state index contributed by atoms with van der Waals surface area (Å²) in [4.78, 5) is 26.4. The summed E-state index contributed by atoms with van der Waals surface area (Å²) in [5, 5.41) is 4.93. The van der Waals surface area contributed by atoms with Crippen LogP contribution in [0.25, 0.3) is 10.8 Å². The minimum Gasteiger partial charge on any atom is -0.481 e. The number of anilines is 2. The third-order valence-corrected chi connectivity index (χ3v) is 3.91. The average molecular weight is 366 g/mol. The molecule has 27 heavy (non-hydrogen) atoms. The van der Waals surface area contributed by atoms with E-state index in [0.717, 1.165) is 10.8 Å². The van der Waals surface area contributed by atoms with Crippen molar-refractivity contribution in [3.05, 3.63) is 48.3 Å². The Labute approximate surface area is 157 Å². The topological polar surface area (TPSA) is 106 Å². The summed E-state index contributed by atoms with van der Waals surface area (Å²) in [5.74, 6) is 1.30. The molecule has 0 radical (unpaired) electrons. The molecule has 0 spiro atoms. The molecule has 8 nitrogen and oxygen atoms in total. The fraction of sp³-hybridized carbons (Fsp3) is 0.263. The first-order chi connectivity index (χ1) is 12.9. The number of nitrogens with two attached hydrogens (primary N) is 1. The molecule has 0 aliphatic rings. The minimum absolute atomic E-state index is 0.110. The van der Waals surface area contributed by atoms with Crippen molar-refractivity contribution in [2.24, 2.45) is 0 Å². The van der Waals surface area contributed by atoms with Gasteiger partial charge in [-0.05, 0) is 29.8 Å². The molecule has 0 saturated heterocycles. The number of aromatic nitrogens is 3. The van der Waals surface area contributed by atoms with E-state index in [4.69, 9.17) is 10.5 Å². The summed E-state index contributed by atoms with van der Waals surface area (Å²) in [6.07, 6.45) is -0.668. The van der Waals surface area contributed by atoms with E-state index in [1.165, 1.54) is 0 Å². The van der Waals surface area contributed by atoms with Gasteiger partial charge in [0.25, 0.3) is 5.91 Å². The van der Waals surface area contributed by atoms with Gasteiger partial charge in [-0.15, -0.1) is 0 Å². The molecule has 3 N–H and O–H groups in total. The Bertz CT molecular complexity index is 960. The van der Waals surface area contributed by atoms with Crippen molar-refractivity contribution in [1.82, 2.24) is 20.3 Å². The molecule has 3 aromatic rings. The van der Waals surface area contributed by atoms with E-state index in [1.54, 1.807) is 25.9 Å². The number of ether oxygens (including phenoxy) is 1. The van der Waals surface area contributed by atoms with Gasteiger partial charge in [0.05, 0.1) is 6.54 Å². The van der Waals surface area contributed by atoms with Crippen LogP contribution in [0.5, 0.6) is 5.75 Å². The number of nitrogens with zero attached hydrogens (tertiary/aromatic N) is 4. The number of carbonyl (C=O) groups excluding carboxylic acids is 1. The van der Waals surface area contributed by atoms with E-state index in [2.05, 4.69) is 20.3 Å². The van der Waals surface area contributed by atoms with E-state index < -0.39 is 6.10 Å². The summed E-state index contributed by atoms with van der Waals surface area (Å²) in [6, 6.07) is 13.7. The normalized spacial score (nSPS) is 11.8. The van der Waals surface area contributed by atoms with Crippen LogP contribution in [-0.4, -0.2) is 41.1 Å². The molecule has 0 aliphatic heterocycles. The number of benzene rings is 2. The van der Waals surface area contributed by atoms with Crippen molar-refractivity contribution >= 4 is 28.6 Å². The SMILES string of the molecule is C[C@@H](Oc1ccc2ccccc2c1)C(=O)NCc1nc(N)nc(N(C)C)n1. The van der Waals surface area contributed by atoms with Crippen molar-refractivity contribution in [3.63, 3.8) is 0 Å². The Balaban J connectivity index is 1.62. The molecule has 0 saturated carbocycles. The third kappa shape index (κ3) is 4.60. The predicted molar refractivity (Wildman–Crippen MR) is 104 cm³/mol. The molecule has 1 atom stereocenters. The number of nitrogen functional groups attached to an aromatic ring is 1. The van der Waals surface area contributed by atoms with Gasteiger partial charge >= 0.3 is 0 Å². The maximum absolute atomic E-state index is 12.3. The molecule has 0 aliphatic carbocycles. The van der Waals surface area contributed by atoms with Crippen LogP contribution in [0.1, 0.15) is 12.7 Å². The second-order valence-corrected chi connectivity index (χ2v) is 6.29. The maximum Gasteiger partial charge on any atom is 0.261 e. The Morgan fingerprint density at radius 3 is 2.63 bits per heavy atom. The van der Waals surface area contributed by atoms with Gasteiger partial charge in [0.15, 0.2) is 11.9 Å². The molecule has 1 aromatic heterocycles. The zero-order valence-electron chi connectivity index (χ0n) is 15.5. The van der Waals surface area contributed by atoms with E-state index >= 15 is 0 Å². The lowest BCUT2D eigenvalue weighted by molar-refractivity contribution is -0.127. The van der Waals surface area contributed by atoms with Crippen LogP contribution in [0.15, 0.2) is 42.5 Å². The third-order valence-electron chi connectivity index (χ3n) is 3.91. The molecule has 140 valence electrons. The number of rotatable bonds is 6. The summed E-state index contributed by atoms with van der Waals surface area (Å²) >= 11 is 0. The Hall–Kier alpha value is -3.42. The number of hydrogen-bond acceptors (Lipinski definition) is 7. The molecule has 0 fully saturated rings. The van der Waals surface area contributed by atoms with E-state index in [0.29, 0.717) is 17.5 Å². The highest BCUT2D eigenvalue weighted by molar-refractivity contribution is 5.84. The largest absolute Gasteiger partial charge is 0.481 e. The molecular weight excluding hydrogens is 344 g/mol. The van der Waals surface area contributed by atoms with Gasteiger partial charge in [0.1, 0.15) is 5.75 Å². The Morgan fingerprint density at radius 2 is 1.89 bits per heavy atom. The highest BCUT2D eigenvalue weighted by atomic mass is 16.5. The maximum atomic E-state index is 12.3. The zero-order valence-corrected chi connectivity index (χ0v) is 15.5. The molecule has 1 heterocycles. The summed E-state index contributed by atoms with van der Waals surface area (Å²) in [7, 11) is 3.60. The Kier molecular flexibility index (Phi) is 5.35. The van der Waals surface area contributed by atoms with Crippen molar-refractivity contribution in [3.8, 4) is 5.75 Å². The van der Waals surface area contributed by atoms with Gasteiger partial charge in [0.2, 0.25) is 11.9 Å². The number of nitrogens with one attached hydrogen (secondary N) is 1. The van der Waals surface area contributed by atoms with Gasteiger partial charge in [0, 0.05) is 14.1 Å². The van der Waals surface area contributed by atoms with Crippen LogP contribution >= 0.6 is 0 Å². The standard InChI is InChI=1S/C19H22N6O2/c1-12(27-15-9-8-13-6-4-5-7-14(13)10-15)17(26)21-11-16-22-18(20)24-19(23-16)25(2)3/h4-10,12H,11H2,1-3H3,(H,21,26)(H2,20,22,23,24)/t12-/m1/s1. The average Bonchev–Trinajstić information content (AvgIpc) is 2.65. The molecule has 8 heteroatoms. The van der Waals surface area contributed by atoms with Gasteiger partial charge in [-0.1, -0.05) is 30.3 Å². The van der Waals surface area contributed by atoms with Crippen molar-refractivity contribution in [2.45, 2.75) is 19.6 Å². The van der Waals surface area contributed by atoms with Crippen LogP contribution < -0.4 is 20.7 Å². The summed E-state index contributed by atoms with van der Waals surface area (Å²) < 4.78 is 5.76. The van der Waals surface area contributed by atoms with Crippen LogP contribution in [0.2, 0.25) is 0 Å². The van der Waals surface area contributed by atoms with Crippen LogP contribution in [0, 0.1) is 0 Å². The molecule has 0 unspecified atom stereocenters. The summed E-state index contributed by atoms with van der Waals surface area (Å²) in [6.45, 7) is 1.83. The van der Waals surface area contributed by atoms with Gasteiger partial charge in [-0.2, -0.15) is 15.0 Å². The second kappa shape index (κ2) is 7.86. The number of fused-ring (bicyclic) bond motifs is 1. The monoisotopic (exact) mass is 366 g/mol. The lowest BCUT2D eigenvalue weighted by Crippen LogP contribution is -2.36. The zero-order chi connectivity index (χ0) is 19.4. The van der Waals surface area contributed by atoms with Crippen LogP contribution in [0.3, 0.4) is 0 Å². The van der Waals surface area contributed by atoms with E-state index in [9.17, 15) is 4.79 Å². The van der Waals surface area contributed by atoms with Crippen molar-refractivity contribution < 1.29 is 9.53 Å². The van der Waals surface area contributed by atoms with E-state index in [1.807, 2.05) is 42.5 Å². The fourth-order valence-corrected chi connectivity index (χ4v) is 2.51. The highest BCUT2D eigenvalue weighted by Crippen LogP contribution is 2.21. The Morgan fingerprint density at radius 1 is 1.15 bits per heavy atom. The minimum atomic E-state index is -0.668. The smallest absolute Gasteiger partial charge is 0.261 e. The van der Waals surface area contributed by atoms with Crippen molar-refractivity contribution in [1.29, 1.82) is 0 Å². The predicted octanol–water partition coefficient (Wildman–Crippen LogP) is 1.76. The first kappa shape index (κ1) is 18.4. The number of carbonyl (C=O) groups is 1. The molecule has 1 amide bonds. The lowest BCUT2D eigenvalue weighted by atomic mass is 10.1. The molecule has 0 bridgehead atoms. The van der Waals surface area contributed by atoms with Gasteiger partial charge in [-0.3, -0.25) is 4.79 Å². The number of hydrogen-bond donors (Lipinski definition) is 2. The van der Waals surface area contributed by atoms with Gasteiger partial charge in [-0.25, -0.2) is 0 Å². The molecule has 2 aromatic carbocycles. The summed E-state index contributed by atoms with van der Waals surface area (Å²) in [5.41, 5.74) is 5.68. The van der Waals surface area contributed by atoms with Crippen molar-refractivity contribution in [2.75, 3.05) is 24.7 Å². The van der Waals surface area contributed by atoms with Gasteiger partial charge < -0.3 is 20.7 Å². The highest BCUT2D eigenvalue weighted by Gasteiger charge is 2.16. The first-order valence-corrected chi connectivity index (χ1v) is 8.53. The fourth-order valence-electron chi connectivity index (χ4n) is 2.51. The van der Waals surface area contributed by atoms with Crippen LogP contribution in [-0.2, 0) is 11.3 Å². The molecule has 3 rings (SSSR count). The lowest BCUT2D eigenvalue weighted by Gasteiger charge is -2.15. The van der Waals surface area contributed by atoms with E-state index in [-0.39, 0.29) is 18.4 Å². The van der Waals surface area contributed by atoms with Crippen LogP contribution in [0.4, 0.5) is 11.9 Å². The number of amides is 1. The first-order valence-electron chi connectivity index (χ1n) is 8.53. The quantitative estimate of drug-likeness (QED) is 0.684.